The molecule has 2 unspecified atom stereocenters. The van der Waals surface area contributed by atoms with Crippen LogP contribution in [-0.4, -0.2) is 25.3 Å². The van der Waals surface area contributed by atoms with Gasteiger partial charge in [-0.15, -0.1) is 0 Å². The van der Waals surface area contributed by atoms with Gasteiger partial charge in [0.05, 0.1) is 5.60 Å². The van der Waals surface area contributed by atoms with Crippen molar-refractivity contribution in [2.75, 3.05) is 13.7 Å². The highest BCUT2D eigenvalue weighted by molar-refractivity contribution is 5.15. The van der Waals surface area contributed by atoms with Crippen LogP contribution in [0.1, 0.15) is 31.7 Å². The second-order valence-corrected chi connectivity index (χ2v) is 5.13. The number of rotatable bonds is 5. The zero-order chi connectivity index (χ0) is 12.1. The minimum atomic E-state index is 0.0313. The SMILES string of the molecule is CNC(CCc1ccccc1)C1(C)CCCO1. The first-order valence-electron chi connectivity index (χ1n) is 6.60. The van der Waals surface area contributed by atoms with Gasteiger partial charge < -0.3 is 10.1 Å². The van der Waals surface area contributed by atoms with Crippen LogP contribution in [0.4, 0.5) is 0 Å². The second-order valence-electron chi connectivity index (χ2n) is 5.13. The Morgan fingerprint density at radius 2 is 2.12 bits per heavy atom. The Bertz CT molecular complexity index is 330. The quantitative estimate of drug-likeness (QED) is 0.844. The number of aryl methyl sites for hydroxylation is 1. The van der Waals surface area contributed by atoms with Gasteiger partial charge in [-0.05, 0) is 45.2 Å². The fraction of sp³-hybridized carbons (Fsp3) is 0.600. The van der Waals surface area contributed by atoms with E-state index >= 15 is 0 Å². The zero-order valence-electron chi connectivity index (χ0n) is 10.9. The van der Waals surface area contributed by atoms with Crippen molar-refractivity contribution in [3.8, 4) is 0 Å². The van der Waals surface area contributed by atoms with E-state index in [1.54, 1.807) is 0 Å². The molecule has 0 aromatic heterocycles. The van der Waals surface area contributed by atoms with Crippen molar-refractivity contribution in [3.05, 3.63) is 35.9 Å². The molecule has 1 aromatic carbocycles. The smallest absolute Gasteiger partial charge is 0.0807 e. The fourth-order valence-corrected chi connectivity index (χ4v) is 2.79. The van der Waals surface area contributed by atoms with Gasteiger partial charge in [0.2, 0.25) is 0 Å². The van der Waals surface area contributed by atoms with Crippen molar-refractivity contribution in [2.45, 2.75) is 44.2 Å². The molecule has 17 heavy (non-hydrogen) atoms. The van der Waals surface area contributed by atoms with Gasteiger partial charge in [0.25, 0.3) is 0 Å². The first-order chi connectivity index (χ1) is 8.24. The summed E-state index contributed by atoms with van der Waals surface area (Å²) in [5.41, 5.74) is 1.44. The minimum Gasteiger partial charge on any atom is -0.374 e. The molecule has 0 radical (unpaired) electrons. The molecule has 1 saturated heterocycles. The van der Waals surface area contributed by atoms with Gasteiger partial charge in [-0.2, -0.15) is 0 Å². The summed E-state index contributed by atoms with van der Waals surface area (Å²) in [5.74, 6) is 0. The summed E-state index contributed by atoms with van der Waals surface area (Å²) in [6.07, 6.45) is 4.62. The molecule has 1 aromatic rings. The monoisotopic (exact) mass is 233 g/mol. The number of hydrogen-bond donors (Lipinski definition) is 1. The number of benzene rings is 1. The van der Waals surface area contributed by atoms with E-state index in [1.165, 1.54) is 18.4 Å². The Morgan fingerprint density at radius 3 is 2.71 bits per heavy atom. The summed E-state index contributed by atoms with van der Waals surface area (Å²) in [5, 5.41) is 3.43. The summed E-state index contributed by atoms with van der Waals surface area (Å²) >= 11 is 0. The van der Waals surface area contributed by atoms with Crippen LogP contribution in [0.25, 0.3) is 0 Å². The molecule has 0 amide bonds. The van der Waals surface area contributed by atoms with Crippen LogP contribution in [0.2, 0.25) is 0 Å². The number of hydrogen-bond acceptors (Lipinski definition) is 2. The van der Waals surface area contributed by atoms with E-state index in [2.05, 4.69) is 42.6 Å². The van der Waals surface area contributed by atoms with Crippen molar-refractivity contribution >= 4 is 0 Å². The van der Waals surface area contributed by atoms with E-state index in [1.807, 2.05) is 7.05 Å². The van der Waals surface area contributed by atoms with Crippen molar-refractivity contribution in [2.24, 2.45) is 0 Å². The van der Waals surface area contributed by atoms with E-state index in [0.717, 1.165) is 19.4 Å². The topological polar surface area (TPSA) is 21.3 Å². The maximum Gasteiger partial charge on any atom is 0.0807 e. The molecule has 0 aliphatic carbocycles. The number of nitrogens with one attached hydrogen (secondary N) is 1. The zero-order valence-corrected chi connectivity index (χ0v) is 10.9. The molecule has 2 rings (SSSR count). The Hall–Kier alpha value is -0.860. The highest BCUT2D eigenvalue weighted by atomic mass is 16.5. The molecule has 94 valence electrons. The van der Waals surface area contributed by atoms with Crippen LogP contribution < -0.4 is 5.32 Å². The molecule has 2 nitrogen and oxygen atoms in total. The van der Waals surface area contributed by atoms with Crippen LogP contribution in [0, 0.1) is 0 Å². The molecule has 2 atom stereocenters. The lowest BCUT2D eigenvalue weighted by atomic mass is 9.89. The number of likely N-dealkylation sites (N-methyl/N-ethyl adjacent to an activating group) is 1. The van der Waals surface area contributed by atoms with Crippen LogP contribution >= 0.6 is 0 Å². The molecular formula is C15H23NO. The van der Waals surface area contributed by atoms with Gasteiger partial charge in [0, 0.05) is 12.6 Å². The first kappa shape index (κ1) is 12.6. The number of ether oxygens (including phenoxy) is 1. The molecule has 1 aliphatic rings. The highest BCUT2D eigenvalue weighted by Crippen LogP contribution is 2.30. The second kappa shape index (κ2) is 5.65. The van der Waals surface area contributed by atoms with Crippen molar-refractivity contribution in [1.29, 1.82) is 0 Å². The predicted molar refractivity (Wildman–Crippen MR) is 71.2 cm³/mol. The van der Waals surface area contributed by atoms with Crippen LogP contribution in [0.15, 0.2) is 30.3 Å². The van der Waals surface area contributed by atoms with E-state index in [-0.39, 0.29) is 5.60 Å². The summed E-state index contributed by atoms with van der Waals surface area (Å²) in [7, 11) is 2.04. The molecular weight excluding hydrogens is 210 g/mol. The molecule has 2 heteroatoms. The van der Waals surface area contributed by atoms with E-state index in [4.69, 9.17) is 4.74 Å². The van der Waals surface area contributed by atoms with E-state index in [9.17, 15) is 0 Å². The maximum atomic E-state index is 5.92. The van der Waals surface area contributed by atoms with Crippen molar-refractivity contribution < 1.29 is 4.74 Å². The predicted octanol–water partition coefficient (Wildman–Crippen LogP) is 2.78. The molecule has 0 saturated carbocycles. The van der Waals surface area contributed by atoms with E-state index < -0.39 is 0 Å². The maximum absolute atomic E-state index is 5.92. The summed E-state index contributed by atoms with van der Waals surface area (Å²) < 4.78 is 5.92. The average Bonchev–Trinajstić information content (AvgIpc) is 2.79. The van der Waals surface area contributed by atoms with Crippen LogP contribution in [0.5, 0.6) is 0 Å². The summed E-state index contributed by atoms with van der Waals surface area (Å²) in [6.45, 7) is 3.16. The molecule has 1 fully saturated rings. The van der Waals surface area contributed by atoms with Gasteiger partial charge >= 0.3 is 0 Å². The van der Waals surface area contributed by atoms with Crippen molar-refractivity contribution in [1.82, 2.24) is 5.32 Å². The third kappa shape index (κ3) is 3.08. The highest BCUT2D eigenvalue weighted by Gasteiger charge is 2.36. The van der Waals surface area contributed by atoms with E-state index in [0.29, 0.717) is 6.04 Å². The molecule has 1 N–H and O–H groups in total. The minimum absolute atomic E-state index is 0.0313. The Labute approximate surface area is 104 Å². The average molecular weight is 233 g/mol. The molecule has 0 spiro atoms. The van der Waals surface area contributed by atoms with Gasteiger partial charge in [0.15, 0.2) is 0 Å². The largest absolute Gasteiger partial charge is 0.374 e. The molecule has 1 heterocycles. The standard InChI is InChI=1S/C15H23NO/c1-15(11-6-12-17-15)14(16-2)10-9-13-7-4-3-5-8-13/h3-5,7-8,14,16H,6,9-12H2,1-2H3. The van der Waals surface area contributed by atoms with Gasteiger partial charge in [-0.25, -0.2) is 0 Å². The summed E-state index contributed by atoms with van der Waals surface area (Å²) in [4.78, 5) is 0. The third-order valence-corrected chi connectivity index (χ3v) is 3.90. The van der Waals surface area contributed by atoms with Crippen LogP contribution in [0.3, 0.4) is 0 Å². The van der Waals surface area contributed by atoms with Crippen molar-refractivity contribution in [3.63, 3.8) is 0 Å². The van der Waals surface area contributed by atoms with Gasteiger partial charge in [0.1, 0.15) is 0 Å². The molecule has 1 aliphatic heterocycles. The van der Waals surface area contributed by atoms with Crippen LogP contribution in [-0.2, 0) is 11.2 Å². The lowest BCUT2D eigenvalue weighted by molar-refractivity contribution is -0.0117. The normalized spacial score (nSPS) is 26.0. The molecule has 0 bridgehead atoms. The Morgan fingerprint density at radius 1 is 1.35 bits per heavy atom. The third-order valence-electron chi connectivity index (χ3n) is 3.90. The Balaban J connectivity index is 1.92. The van der Waals surface area contributed by atoms with Gasteiger partial charge in [-0.3, -0.25) is 0 Å². The van der Waals surface area contributed by atoms with Gasteiger partial charge in [-0.1, -0.05) is 30.3 Å². The fourth-order valence-electron chi connectivity index (χ4n) is 2.79. The lowest BCUT2D eigenvalue weighted by Gasteiger charge is -2.33. The first-order valence-corrected chi connectivity index (χ1v) is 6.60. The lowest BCUT2D eigenvalue weighted by Crippen LogP contribution is -2.47. The Kier molecular flexibility index (Phi) is 4.19. The summed E-state index contributed by atoms with van der Waals surface area (Å²) in [6, 6.07) is 11.1.